The van der Waals surface area contributed by atoms with Crippen LogP contribution in [0.25, 0.3) is 0 Å². The van der Waals surface area contributed by atoms with Gasteiger partial charge >= 0.3 is 0 Å². The van der Waals surface area contributed by atoms with Crippen LogP contribution in [0.4, 0.5) is 8.78 Å². The lowest BCUT2D eigenvalue weighted by Gasteiger charge is -2.38. The topological polar surface area (TPSA) is 6.48 Å². The molecule has 4 heteroatoms. The van der Waals surface area contributed by atoms with Crippen molar-refractivity contribution in [2.45, 2.75) is 71.4 Å². The molecule has 0 N–H and O–H groups in total. The zero-order valence-electron chi connectivity index (χ0n) is 14.1. The Morgan fingerprint density at radius 2 is 1.76 bits per heavy atom. The van der Waals surface area contributed by atoms with Crippen molar-refractivity contribution < 1.29 is 8.78 Å². The van der Waals surface area contributed by atoms with Crippen LogP contribution >= 0.6 is 0 Å². The Morgan fingerprint density at radius 3 is 2.29 bits per heavy atom. The number of likely N-dealkylation sites (tertiary alicyclic amines) is 2. The van der Waals surface area contributed by atoms with Crippen LogP contribution in [0, 0.1) is 11.8 Å². The molecule has 0 aromatic rings. The molecule has 0 aliphatic carbocycles. The van der Waals surface area contributed by atoms with Gasteiger partial charge in [0, 0.05) is 24.5 Å². The Morgan fingerprint density at radius 1 is 1.14 bits per heavy atom. The fourth-order valence-corrected chi connectivity index (χ4v) is 3.83. The maximum Gasteiger partial charge on any atom is 0.264 e. The molecule has 2 heterocycles. The lowest BCUT2D eigenvalue weighted by Crippen LogP contribution is -2.46. The van der Waals surface area contributed by atoms with E-state index in [-0.39, 0.29) is 6.54 Å². The Bertz CT molecular complexity index is 325. The van der Waals surface area contributed by atoms with E-state index in [0.29, 0.717) is 31.0 Å². The highest BCUT2D eigenvalue weighted by Crippen LogP contribution is 2.39. The second kappa shape index (κ2) is 6.91. The van der Waals surface area contributed by atoms with Crippen molar-refractivity contribution in [1.82, 2.24) is 9.80 Å². The van der Waals surface area contributed by atoms with Gasteiger partial charge in [-0.1, -0.05) is 20.3 Å². The first kappa shape index (κ1) is 17.1. The average Bonchev–Trinajstić information content (AvgIpc) is 2.74. The predicted octanol–water partition coefficient (Wildman–Crippen LogP) is 3.86. The number of piperidine rings is 1. The molecule has 2 nitrogen and oxygen atoms in total. The highest BCUT2D eigenvalue weighted by Gasteiger charge is 2.49. The van der Waals surface area contributed by atoms with Crippen LogP contribution in [-0.2, 0) is 0 Å². The summed E-state index contributed by atoms with van der Waals surface area (Å²) >= 11 is 0. The predicted molar refractivity (Wildman–Crippen MR) is 83.8 cm³/mol. The van der Waals surface area contributed by atoms with Crippen LogP contribution in [0.2, 0.25) is 0 Å². The van der Waals surface area contributed by atoms with Crippen LogP contribution in [-0.4, -0.2) is 54.0 Å². The molecule has 0 aromatic carbocycles. The van der Waals surface area contributed by atoms with Gasteiger partial charge in [-0.3, -0.25) is 4.90 Å². The summed E-state index contributed by atoms with van der Waals surface area (Å²) in [6.07, 6.45) is 3.76. The molecule has 2 aliphatic heterocycles. The minimum atomic E-state index is -2.49. The fourth-order valence-electron chi connectivity index (χ4n) is 3.83. The minimum Gasteiger partial charge on any atom is -0.301 e. The van der Waals surface area contributed by atoms with Crippen molar-refractivity contribution in [2.24, 2.45) is 11.8 Å². The van der Waals surface area contributed by atoms with Gasteiger partial charge in [0.15, 0.2) is 0 Å². The van der Waals surface area contributed by atoms with E-state index < -0.39 is 11.8 Å². The number of alkyl halides is 2. The van der Waals surface area contributed by atoms with E-state index in [4.69, 9.17) is 0 Å². The molecule has 0 aromatic heterocycles. The number of nitrogens with zero attached hydrogens (tertiary/aromatic N) is 2. The van der Waals surface area contributed by atoms with Crippen molar-refractivity contribution in [3.8, 4) is 0 Å². The molecule has 0 radical (unpaired) electrons. The molecule has 0 bridgehead atoms. The second-order valence-electron chi connectivity index (χ2n) is 7.50. The molecule has 0 spiro atoms. The molecule has 2 saturated heterocycles. The smallest absolute Gasteiger partial charge is 0.264 e. The molecule has 0 amide bonds. The van der Waals surface area contributed by atoms with Crippen molar-refractivity contribution in [2.75, 3.05) is 26.2 Å². The summed E-state index contributed by atoms with van der Waals surface area (Å²) in [7, 11) is 0. The molecular weight excluding hydrogens is 270 g/mol. The van der Waals surface area contributed by atoms with Gasteiger partial charge in [-0.05, 0) is 52.1 Å². The first-order chi connectivity index (χ1) is 9.83. The normalized spacial score (nSPS) is 30.1. The Kier molecular flexibility index (Phi) is 5.64. The summed E-state index contributed by atoms with van der Waals surface area (Å²) in [5.41, 5.74) is 0. The van der Waals surface area contributed by atoms with Crippen LogP contribution in [0.1, 0.15) is 53.4 Å². The molecule has 2 rings (SSSR count). The molecule has 2 atom stereocenters. The molecule has 21 heavy (non-hydrogen) atoms. The fraction of sp³-hybridized carbons (Fsp3) is 1.00. The lowest BCUT2D eigenvalue weighted by molar-refractivity contribution is -0.0366. The highest BCUT2D eigenvalue weighted by atomic mass is 19.3. The molecule has 2 unspecified atom stereocenters. The standard InChI is InChI=1S/C17H32F2N2/c1-5-14(4)10-15-11-21(12-17(15,18)19)16-6-8-20(9-7-16)13(2)3/h13-16H,5-12H2,1-4H3. The maximum absolute atomic E-state index is 14.3. The van der Waals surface area contributed by atoms with E-state index in [0.717, 1.165) is 32.4 Å². The van der Waals surface area contributed by atoms with Crippen molar-refractivity contribution >= 4 is 0 Å². The quantitative estimate of drug-likeness (QED) is 0.761. The van der Waals surface area contributed by atoms with E-state index in [1.54, 1.807) is 0 Å². The number of hydrogen-bond donors (Lipinski definition) is 0. The second-order valence-corrected chi connectivity index (χ2v) is 7.50. The van der Waals surface area contributed by atoms with E-state index in [9.17, 15) is 8.78 Å². The van der Waals surface area contributed by atoms with E-state index in [1.807, 2.05) is 0 Å². The summed E-state index contributed by atoms with van der Waals surface area (Å²) in [6, 6.07) is 0.942. The van der Waals surface area contributed by atoms with Gasteiger partial charge in [-0.15, -0.1) is 0 Å². The third-order valence-corrected chi connectivity index (χ3v) is 5.60. The summed E-state index contributed by atoms with van der Waals surface area (Å²) < 4.78 is 28.5. The van der Waals surface area contributed by atoms with Crippen LogP contribution in [0.5, 0.6) is 0 Å². The third kappa shape index (κ3) is 4.16. The van der Waals surface area contributed by atoms with Gasteiger partial charge in [0.25, 0.3) is 5.92 Å². The van der Waals surface area contributed by atoms with Crippen molar-refractivity contribution in [3.05, 3.63) is 0 Å². The Hall–Kier alpha value is -0.220. The minimum absolute atomic E-state index is 0.0134. The maximum atomic E-state index is 14.3. The molecule has 124 valence electrons. The van der Waals surface area contributed by atoms with E-state index in [1.165, 1.54) is 0 Å². The molecular formula is C17H32F2N2. The molecule has 2 fully saturated rings. The van der Waals surface area contributed by atoms with E-state index in [2.05, 4.69) is 37.5 Å². The van der Waals surface area contributed by atoms with Crippen molar-refractivity contribution in [1.29, 1.82) is 0 Å². The van der Waals surface area contributed by atoms with Crippen LogP contribution in [0.3, 0.4) is 0 Å². The zero-order chi connectivity index (χ0) is 15.6. The van der Waals surface area contributed by atoms with E-state index >= 15 is 0 Å². The first-order valence-electron chi connectivity index (χ1n) is 8.69. The van der Waals surface area contributed by atoms with Gasteiger partial charge in [0.05, 0.1) is 6.54 Å². The lowest BCUT2D eigenvalue weighted by atomic mass is 9.91. The zero-order valence-corrected chi connectivity index (χ0v) is 14.1. The summed E-state index contributed by atoms with van der Waals surface area (Å²) in [5.74, 6) is -2.52. The summed E-state index contributed by atoms with van der Waals surface area (Å²) in [4.78, 5) is 4.55. The number of halogens is 2. The van der Waals surface area contributed by atoms with Crippen molar-refractivity contribution in [3.63, 3.8) is 0 Å². The first-order valence-corrected chi connectivity index (χ1v) is 8.69. The highest BCUT2D eigenvalue weighted by molar-refractivity contribution is 4.95. The third-order valence-electron chi connectivity index (χ3n) is 5.60. The average molecular weight is 302 g/mol. The van der Waals surface area contributed by atoms with Gasteiger partial charge in [-0.2, -0.15) is 0 Å². The molecule has 0 saturated carbocycles. The molecule has 2 aliphatic rings. The Labute approximate surface area is 128 Å². The van der Waals surface area contributed by atoms with Gasteiger partial charge in [0.2, 0.25) is 0 Å². The SMILES string of the molecule is CCC(C)CC1CN(C2CCN(C(C)C)CC2)CC1(F)F. The van der Waals surface area contributed by atoms with Crippen LogP contribution in [0.15, 0.2) is 0 Å². The number of hydrogen-bond acceptors (Lipinski definition) is 2. The number of rotatable bonds is 5. The van der Waals surface area contributed by atoms with Gasteiger partial charge < -0.3 is 4.90 Å². The monoisotopic (exact) mass is 302 g/mol. The largest absolute Gasteiger partial charge is 0.301 e. The summed E-state index contributed by atoms with van der Waals surface area (Å²) in [5, 5.41) is 0. The van der Waals surface area contributed by atoms with Crippen LogP contribution < -0.4 is 0 Å². The Balaban J connectivity index is 1.88. The van der Waals surface area contributed by atoms with Gasteiger partial charge in [-0.25, -0.2) is 8.78 Å². The summed E-state index contributed by atoms with van der Waals surface area (Å²) in [6.45, 7) is 11.3. The van der Waals surface area contributed by atoms with Gasteiger partial charge in [0.1, 0.15) is 0 Å².